The van der Waals surface area contributed by atoms with Crippen LogP contribution in [0.25, 0.3) is 0 Å². The van der Waals surface area contributed by atoms with Crippen LogP contribution >= 0.6 is 11.6 Å². The number of aromatic nitrogens is 2. The van der Waals surface area contributed by atoms with E-state index in [0.29, 0.717) is 29.0 Å². The molecule has 0 fully saturated rings. The molecule has 3 aromatic rings. The van der Waals surface area contributed by atoms with Gasteiger partial charge >= 0.3 is 0 Å². The van der Waals surface area contributed by atoms with E-state index in [0.717, 1.165) is 16.8 Å². The lowest BCUT2D eigenvalue weighted by Crippen LogP contribution is -2.24. The molecule has 0 aliphatic heterocycles. The predicted molar refractivity (Wildman–Crippen MR) is 110 cm³/mol. The van der Waals surface area contributed by atoms with Crippen molar-refractivity contribution in [1.82, 2.24) is 15.3 Å². The lowest BCUT2D eigenvalue weighted by atomic mass is 10.2. The van der Waals surface area contributed by atoms with Gasteiger partial charge in [0.25, 0.3) is 5.91 Å². The molecule has 3 rings (SSSR count). The zero-order chi connectivity index (χ0) is 20.1. The first-order chi connectivity index (χ1) is 13.4. The van der Waals surface area contributed by atoms with Gasteiger partial charge in [0.1, 0.15) is 23.1 Å². The maximum Gasteiger partial charge on any atom is 0.270 e. The second-order valence-electron chi connectivity index (χ2n) is 6.32. The Bertz CT molecular complexity index is 990. The van der Waals surface area contributed by atoms with Gasteiger partial charge < -0.3 is 15.4 Å². The van der Waals surface area contributed by atoms with Crippen LogP contribution < -0.4 is 15.4 Å². The molecule has 144 valence electrons. The zero-order valence-corrected chi connectivity index (χ0v) is 16.7. The van der Waals surface area contributed by atoms with Crippen molar-refractivity contribution < 1.29 is 9.53 Å². The van der Waals surface area contributed by atoms with Gasteiger partial charge in [0.2, 0.25) is 0 Å². The second-order valence-corrected chi connectivity index (χ2v) is 6.76. The minimum absolute atomic E-state index is 0.278. The fraction of sp³-hybridized carbons (Fsp3) is 0.190. The van der Waals surface area contributed by atoms with Crippen molar-refractivity contribution in [3.63, 3.8) is 0 Å². The third-order valence-electron chi connectivity index (χ3n) is 4.05. The molecule has 0 saturated carbocycles. The number of halogens is 1. The van der Waals surface area contributed by atoms with Gasteiger partial charge in [-0.3, -0.25) is 4.79 Å². The predicted octanol–water partition coefficient (Wildman–Crippen LogP) is 4.43. The van der Waals surface area contributed by atoms with Crippen molar-refractivity contribution in [3.05, 3.63) is 76.2 Å². The Morgan fingerprint density at radius 2 is 1.82 bits per heavy atom. The summed E-state index contributed by atoms with van der Waals surface area (Å²) in [5.41, 5.74) is 3.09. The number of hydrogen-bond donors (Lipinski definition) is 2. The molecule has 28 heavy (non-hydrogen) atoms. The highest BCUT2D eigenvalue weighted by Gasteiger charge is 2.12. The van der Waals surface area contributed by atoms with Gasteiger partial charge in [-0.15, -0.1) is 0 Å². The van der Waals surface area contributed by atoms with Crippen molar-refractivity contribution >= 4 is 29.0 Å². The molecule has 0 aliphatic carbocycles. The van der Waals surface area contributed by atoms with Crippen LogP contribution in [0.3, 0.4) is 0 Å². The third-order valence-corrected chi connectivity index (χ3v) is 4.31. The molecule has 0 spiro atoms. The van der Waals surface area contributed by atoms with E-state index in [4.69, 9.17) is 16.3 Å². The van der Waals surface area contributed by atoms with Crippen molar-refractivity contribution in [2.45, 2.75) is 20.4 Å². The molecule has 7 heteroatoms. The molecule has 0 saturated heterocycles. The highest BCUT2D eigenvalue weighted by Crippen LogP contribution is 2.28. The summed E-state index contributed by atoms with van der Waals surface area (Å²) in [5, 5.41) is 6.73. The average Bonchev–Trinajstić information content (AvgIpc) is 2.67. The smallest absolute Gasteiger partial charge is 0.270 e. The van der Waals surface area contributed by atoms with E-state index in [2.05, 4.69) is 20.6 Å². The molecule has 2 aromatic carbocycles. The highest BCUT2D eigenvalue weighted by molar-refractivity contribution is 6.30. The van der Waals surface area contributed by atoms with E-state index < -0.39 is 0 Å². The fourth-order valence-electron chi connectivity index (χ4n) is 2.68. The summed E-state index contributed by atoms with van der Waals surface area (Å²) in [4.78, 5) is 21.2. The third kappa shape index (κ3) is 4.98. The molecule has 1 aromatic heterocycles. The standard InChI is InChI=1S/C21H21ClN4O2/c1-13-4-9-19(28-3)17(10-13)26-20-11-18(24-14(2)25-20)21(27)23-12-15-5-7-16(22)8-6-15/h4-11H,12H2,1-3H3,(H,23,27)(H,24,25,26). The maximum atomic E-state index is 12.5. The van der Waals surface area contributed by atoms with Crippen molar-refractivity contribution in [2.75, 3.05) is 12.4 Å². The van der Waals surface area contributed by atoms with Crippen LogP contribution in [0.1, 0.15) is 27.4 Å². The molecule has 0 unspecified atom stereocenters. The maximum absolute atomic E-state index is 12.5. The quantitative estimate of drug-likeness (QED) is 0.644. The molecule has 1 amide bonds. The summed E-state index contributed by atoms with van der Waals surface area (Å²) < 4.78 is 5.38. The Balaban J connectivity index is 1.76. The second kappa shape index (κ2) is 8.71. The SMILES string of the molecule is COc1ccc(C)cc1Nc1cc(C(=O)NCc2ccc(Cl)cc2)nc(C)n1. The van der Waals surface area contributed by atoms with Gasteiger partial charge in [0, 0.05) is 17.6 Å². The number of benzene rings is 2. The van der Waals surface area contributed by atoms with E-state index in [9.17, 15) is 4.79 Å². The van der Waals surface area contributed by atoms with E-state index in [-0.39, 0.29) is 11.6 Å². The van der Waals surface area contributed by atoms with Crippen LogP contribution in [-0.2, 0) is 6.54 Å². The van der Waals surface area contributed by atoms with Gasteiger partial charge in [0.15, 0.2) is 0 Å². The van der Waals surface area contributed by atoms with Crippen LogP contribution in [0, 0.1) is 13.8 Å². The fourth-order valence-corrected chi connectivity index (χ4v) is 2.81. The summed E-state index contributed by atoms with van der Waals surface area (Å²) >= 11 is 5.88. The van der Waals surface area contributed by atoms with Gasteiger partial charge in [-0.25, -0.2) is 9.97 Å². The Morgan fingerprint density at radius 3 is 2.54 bits per heavy atom. The van der Waals surface area contributed by atoms with Crippen molar-refractivity contribution in [2.24, 2.45) is 0 Å². The number of nitrogens with zero attached hydrogens (tertiary/aromatic N) is 2. The number of methoxy groups -OCH3 is 1. The van der Waals surface area contributed by atoms with Gasteiger partial charge in [-0.05, 0) is 49.2 Å². The molecule has 0 radical (unpaired) electrons. The number of nitrogens with one attached hydrogen (secondary N) is 2. The lowest BCUT2D eigenvalue weighted by Gasteiger charge is -2.13. The Hall–Kier alpha value is -3.12. The van der Waals surface area contributed by atoms with Gasteiger partial charge in [-0.1, -0.05) is 29.8 Å². The molecule has 0 aliphatic rings. The van der Waals surface area contributed by atoms with Crippen LogP contribution in [0.15, 0.2) is 48.5 Å². The molecular weight excluding hydrogens is 376 g/mol. The summed E-state index contributed by atoms with van der Waals surface area (Å²) in [5.74, 6) is 1.43. The number of anilines is 2. The zero-order valence-electron chi connectivity index (χ0n) is 15.9. The summed E-state index contributed by atoms with van der Waals surface area (Å²) in [6.45, 7) is 4.12. The first kappa shape index (κ1) is 19.6. The number of carbonyl (C=O) groups excluding carboxylic acids is 1. The number of carbonyl (C=O) groups is 1. The molecule has 0 bridgehead atoms. The largest absolute Gasteiger partial charge is 0.495 e. The molecule has 0 atom stereocenters. The van der Waals surface area contributed by atoms with Crippen LogP contribution in [0.4, 0.5) is 11.5 Å². The number of amides is 1. The summed E-state index contributed by atoms with van der Waals surface area (Å²) in [7, 11) is 1.61. The number of hydrogen-bond acceptors (Lipinski definition) is 5. The van der Waals surface area contributed by atoms with Crippen molar-refractivity contribution in [3.8, 4) is 5.75 Å². The van der Waals surface area contributed by atoms with E-state index >= 15 is 0 Å². The molecule has 1 heterocycles. The van der Waals surface area contributed by atoms with E-state index in [1.807, 2.05) is 37.3 Å². The van der Waals surface area contributed by atoms with Gasteiger partial charge in [0.05, 0.1) is 12.8 Å². The number of rotatable bonds is 6. The Morgan fingerprint density at radius 1 is 1.07 bits per heavy atom. The normalized spacial score (nSPS) is 10.4. The Kier molecular flexibility index (Phi) is 6.11. The van der Waals surface area contributed by atoms with Crippen LogP contribution in [0.2, 0.25) is 5.02 Å². The van der Waals surface area contributed by atoms with Crippen LogP contribution in [0.5, 0.6) is 5.75 Å². The van der Waals surface area contributed by atoms with Crippen molar-refractivity contribution in [1.29, 1.82) is 0 Å². The molecule has 6 nitrogen and oxygen atoms in total. The number of aryl methyl sites for hydroxylation is 2. The molecule has 2 N–H and O–H groups in total. The van der Waals surface area contributed by atoms with E-state index in [1.54, 1.807) is 32.2 Å². The molecular formula is C21H21ClN4O2. The van der Waals surface area contributed by atoms with Crippen LogP contribution in [-0.4, -0.2) is 23.0 Å². The minimum atomic E-state index is -0.278. The summed E-state index contributed by atoms with van der Waals surface area (Å²) in [6.07, 6.45) is 0. The van der Waals surface area contributed by atoms with Gasteiger partial charge in [-0.2, -0.15) is 0 Å². The minimum Gasteiger partial charge on any atom is -0.495 e. The number of ether oxygens (including phenoxy) is 1. The Labute approximate surface area is 168 Å². The summed E-state index contributed by atoms with van der Waals surface area (Å²) in [6, 6.07) is 14.7. The topological polar surface area (TPSA) is 76.1 Å². The first-order valence-corrected chi connectivity index (χ1v) is 9.12. The first-order valence-electron chi connectivity index (χ1n) is 8.74. The average molecular weight is 397 g/mol. The van der Waals surface area contributed by atoms with E-state index in [1.165, 1.54) is 0 Å². The lowest BCUT2D eigenvalue weighted by molar-refractivity contribution is 0.0945. The monoisotopic (exact) mass is 396 g/mol. The highest BCUT2D eigenvalue weighted by atomic mass is 35.5.